The van der Waals surface area contributed by atoms with Gasteiger partial charge in [0.25, 0.3) is 0 Å². The standard InChI is InChI=1S/2C12H19.Zn/c2*1-6-7-12-10(4)8(2)9(3)11(12)5;/h2*6-7H2,1-5H3;. The SMILES string of the molecule is CCC[C]1([Zn][C]2(CCC)C(C)=C(C)C(C)=C2C)C(C)=C(C)C(C)=C1C. The van der Waals surface area contributed by atoms with Crippen LogP contribution in [0.4, 0.5) is 0 Å². The van der Waals surface area contributed by atoms with Crippen LogP contribution in [0, 0.1) is 0 Å². The van der Waals surface area contributed by atoms with Gasteiger partial charge in [0.15, 0.2) is 0 Å². The van der Waals surface area contributed by atoms with Crippen LogP contribution in [-0.2, 0) is 17.1 Å². The first-order valence-electron chi connectivity index (χ1n) is 10.3. The zero-order chi connectivity index (χ0) is 19.2. The van der Waals surface area contributed by atoms with Crippen LogP contribution >= 0.6 is 0 Å². The van der Waals surface area contributed by atoms with Crippen molar-refractivity contribution in [2.75, 3.05) is 0 Å². The maximum absolute atomic E-state index is 2.46. The molecule has 0 heterocycles. The van der Waals surface area contributed by atoms with Crippen molar-refractivity contribution in [3.63, 3.8) is 0 Å². The summed E-state index contributed by atoms with van der Waals surface area (Å²) in [5, 5.41) is 0. The van der Waals surface area contributed by atoms with Gasteiger partial charge in [0.05, 0.1) is 0 Å². The monoisotopic (exact) mass is 390 g/mol. The van der Waals surface area contributed by atoms with Gasteiger partial charge < -0.3 is 0 Å². The second kappa shape index (κ2) is 7.30. The molecule has 2 aliphatic rings. The van der Waals surface area contributed by atoms with Crippen LogP contribution < -0.4 is 0 Å². The molecule has 0 atom stereocenters. The topological polar surface area (TPSA) is 0 Å². The third-order valence-electron chi connectivity index (χ3n) is 8.20. The van der Waals surface area contributed by atoms with E-state index in [1.165, 1.54) is 25.7 Å². The average molecular weight is 392 g/mol. The molecule has 2 aliphatic carbocycles. The molecule has 0 aromatic rings. The second-order valence-electron chi connectivity index (χ2n) is 8.84. The first kappa shape index (κ1) is 20.9. The Morgan fingerprint density at radius 1 is 0.520 bits per heavy atom. The summed E-state index contributed by atoms with van der Waals surface area (Å²) in [7, 11) is 0. The first-order chi connectivity index (χ1) is 11.6. The predicted molar refractivity (Wildman–Crippen MR) is 109 cm³/mol. The van der Waals surface area contributed by atoms with E-state index in [1.807, 2.05) is 0 Å². The number of hydrogen-bond donors (Lipinski definition) is 0. The molecule has 1 heteroatoms. The third kappa shape index (κ3) is 2.90. The van der Waals surface area contributed by atoms with Crippen molar-refractivity contribution in [2.45, 2.75) is 103 Å². The van der Waals surface area contributed by atoms with Gasteiger partial charge in [-0.25, -0.2) is 0 Å². The molecule has 25 heavy (non-hydrogen) atoms. The predicted octanol–water partition coefficient (Wildman–Crippen LogP) is 8.36. The fourth-order valence-electron chi connectivity index (χ4n) is 5.95. The fourth-order valence-corrected chi connectivity index (χ4v) is 14.8. The van der Waals surface area contributed by atoms with Gasteiger partial charge in [0.1, 0.15) is 0 Å². The van der Waals surface area contributed by atoms with Crippen LogP contribution in [0.25, 0.3) is 0 Å². The summed E-state index contributed by atoms with van der Waals surface area (Å²) in [6, 6.07) is 0. The van der Waals surface area contributed by atoms with E-state index in [1.54, 1.807) is 44.6 Å². The van der Waals surface area contributed by atoms with Crippen molar-refractivity contribution in [3.8, 4) is 0 Å². The molecule has 0 amide bonds. The van der Waals surface area contributed by atoms with Gasteiger partial charge in [0, 0.05) is 0 Å². The van der Waals surface area contributed by atoms with Crippen molar-refractivity contribution in [2.24, 2.45) is 0 Å². The molecule has 2 rings (SSSR count). The van der Waals surface area contributed by atoms with Crippen LogP contribution in [0.1, 0.15) is 94.9 Å². The van der Waals surface area contributed by atoms with E-state index in [9.17, 15) is 0 Å². The normalized spacial score (nSPS) is 22.5. The molecule has 0 nitrogen and oxygen atoms in total. The van der Waals surface area contributed by atoms with Gasteiger partial charge in [-0.05, 0) is 0 Å². The molecule has 0 bridgehead atoms. The Balaban J connectivity index is 2.67. The van der Waals surface area contributed by atoms with E-state index < -0.39 is 17.1 Å². The molecule has 0 radical (unpaired) electrons. The van der Waals surface area contributed by atoms with E-state index in [4.69, 9.17) is 0 Å². The fraction of sp³-hybridized carbons (Fsp3) is 0.667. The summed E-state index contributed by atoms with van der Waals surface area (Å²) in [5.74, 6) is 0. The Kier molecular flexibility index (Phi) is 6.10. The van der Waals surface area contributed by atoms with E-state index in [0.717, 1.165) is 0 Å². The minimum absolute atomic E-state index is 0.443. The van der Waals surface area contributed by atoms with Gasteiger partial charge in [-0.2, -0.15) is 0 Å². The second-order valence-corrected chi connectivity index (χ2v) is 14.6. The molecule has 0 saturated heterocycles. The molecule has 0 saturated carbocycles. The van der Waals surface area contributed by atoms with Gasteiger partial charge in [0.2, 0.25) is 0 Å². The van der Waals surface area contributed by atoms with Crippen molar-refractivity contribution in [3.05, 3.63) is 44.6 Å². The van der Waals surface area contributed by atoms with Gasteiger partial charge in [-0.15, -0.1) is 0 Å². The van der Waals surface area contributed by atoms with Crippen LogP contribution in [-0.4, -0.2) is 0 Å². The Hall–Kier alpha value is -0.417. The third-order valence-corrected chi connectivity index (χ3v) is 16.7. The first-order valence-corrected chi connectivity index (χ1v) is 13.3. The Bertz CT molecular complexity index is 586. The number of hydrogen-bond acceptors (Lipinski definition) is 0. The molecule has 0 aliphatic heterocycles. The summed E-state index contributed by atoms with van der Waals surface area (Å²) >= 11 is -1.01. The maximum atomic E-state index is 2.46. The molecule has 0 N–H and O–H groups in total. The van der Waals surface area contributed by atoms with Crippen molar-refractivity contribution in [1.29, 1.82) is 0 Å². The van der Waals surface area contributed by atoms with E-state index in [-0.39, 0.29) is 0 Å². The molecule has 0 fully saturated rings. The quantitative estimate of drug-likeness (QED) is 0.399. The Morgan fingerprint density at radius 2 is 0.760 bits per heavy atom. The Morgan fingerprint density at radius 3 is 0.960 bits per heavy atom. The summed E-state index contributed by atoms with van der Waals surface area (Å²) in [4.78, 5) is 0. The van der Waals surface area contributed by atoms with E-state index in [2.05, 4.69) is 69.2 Å². The van der Waals surface area contributed by atoms with Crippen LogP contribution in [0.2, 0.25) is 8.02 Å². The molecule has 0 aromatic heterocycles. The van der Waals surface area contributed by atoms with Crippen molar-refractivity contribution >= 4 is 0 Å². The zero-order valence-electron chi connectivity index (χ0n) is 18.5. The molecular weight excluding hydrogens is 354 g/mol. The van der Waals surface area contributed by atoms with Crippen LogP contribution in [0.5, 0.6) is 0 Å². The minimum atomic E-state index is -1.01. The molecule has 0 unspecified atom stereocenters. The van der Waals surface area contributed by atoms with Crippen LogP contribution in [0.3, 0.4) is 0 Å². The van der Waals surface area contributed by atoms with Gasteiger partial charge >= 0.3 is 165 Å². The average Bonchev–Trinajstić information content (AvgIpc) is 2.84. The summed E-state index contributed by atoms with van der Waals surface area (Å²) in [6.45, 7) is 24.1. The number of rotatable bonds is 6. The number of allylic oxidation sites excluding steroid dienone is 8. The molecule has 136 valence electrons. The van der Waals surface area contributed by atoms with Crippen LogP contribution in [0.15, 0.2) is 44.6 Å². The Labute approximate surface area is 164 Å². The summed E-state index contributed by atoms with van der Waals surface area (Å²) in [5.41, 5.74) is 13.3. The van der Waals surface area contributed by atoms with E-state index in [0.29, 0.717) is 8.02 Å². The van der Waals surface area contributed by atoms with E-state index >= 15 is 0 Å². The summed E-state index contributed by atoms with van der Waals surface area (Å²) in [6.07, 6.45) is 5.32. The van der Waals surface area contributed by atoms with Crippen molar-refractivity contribution in [1.82, 2.24) is 0 Å². The van der Waals surface area contributed by atoms with Gasteiger partial charge in [-0.1, -0.05) is 0 Å². The zero-order valence-corrected chi connectivity index (χ0v) is 21.5. The molecule has 0 spiro atoms. The van der Waals surface area contributed by atoms with Crippen molar-refractivity contribution < 1.29 is 17.1 Å². The summed E-state index contributed by atoms with van der Waals surface area (Å²) < 4.78 is 0.886. The molecule has 0 aromatic carbocycles. The van der Waals surface area contributed by atoms with Gasteiger partial charge in [-0.3, -0.25) is 0 Å². The molecular formula is C24H38Zn.